The highest BCUT2D eigenvalue weighted by Crippen LogP contribution is 2.34. The minimum atomic E-state index is -3.69. The smallest absolute Gasteiger partial charge is 0.310 e. The predicted molar refractivity (Wildman–Crippen MR) is 67.1 cm³/mol. The zero-order valence-electron chi connectivity index (χ0n) is 11.1. The number of aliphatic carboxylic acids is 1. The summed E-state index contributed by atoms with van der Waals surface area (Å²) in [5.74, 6) is -0.966. The van der Waals surface area contributed by atoms with E-state index in [-0.39, 0.29) is 18.1 Å². The first-order valence-corrected chi connectivity index (χ1v) is 7.35. The molecule has 1 aromatic heterocycles. The van der Waals surface area contributed by atoms with Crippen molar-refractivity contribution in [2.75, 3.05) is 13.1 Å². The highest BCUT2D eigenvalue weighted by molar-refractivity contribution is 7.89. The fourth-order valence-electron chi connectivity index (χ4n) is 2.33. The van der Waals surface area contributed by atoms with Crippen LogP contribution in [0.5, 0.6) is 0 Å². The lowest BCUT2D eigenvalue weighted by atomic mass is 9.90. The topological polar surface area (TPSA) is 92.5 Å². The molecule has 1 aliphatic rings. The van der Waals surface area contributed by atoms with Gasteiger partial charge in [0.25, 0.3) is 10.0 Å². The Labute approximate surface area is 111 Å². The van der Waals surface area contributed by atoms with Crippen LogP contribution in [-0.4, -0.2) is 46.7 Å². The van der Waals surface area contributed by atoms with Crippen molar-refractivity contribution in [3.8, 4) is 0 Å². The molecule has 0 aliphatic carbocycles. The van der Waals surface area contributed by atoms with Gasteiger partial charge in [-0.05, 0) is 20.3 Å². The van der Waals surface area contributed by atoms with Gasteiger partial charge in [-0.25, -0.2) is 8.42 Å². The lowest BCUT2D eigenvalue weighted by Crippen LogP contribution is -2.35. The molecule has 0 aromatic carbocycles. The number of hydrogen-bond donors (Lipinski definition) is 1. The highest BCUT2D eigenvalue weighted by Gasteiger charge is 2.45. The van der Waals surface area contributed by atoms with E-state index in [2.05, 4.69) is 5.10 Å². The van der Waals surface area contributed by atoms with Crippen LogP contribution < -0.4 is 0 Å². The van der Waals surface area contributed by atoms with Crippen LogP contribution in [0.1, 0.15) is 18.9 Å². The zero-order valence-corrected chi connectivity index (χ0v) is 11.9. The molecule has 7 nitrogen and oxygen atoms in total. The van der Waals surface area contributed by atoms with E-state index in [4.69, 9.17) is 5.11 Å². The Morgan fingerprint density at radius 2 is 2.16 bits per heavy atom. The van der Waals surface area contributed by atoms with Crippen LogP contribution in [0.3, 0.4) is 0 Å². The van der Waals surface area contributed by atoms with Crippen LogP contribution in [0.2, 0.25) is 0 Å². The van der Waals surface area contributed by atoms with Gasteiger partial charge in [-0.1, -0.05) is 0 Å². The first-order valence-electron chi connectivity index (χ1n) is 5.91. The second-order valence-electron chi connectivity index (χ2n) is 5.21. The van der Waals surface area contributed by atoms with E-state index < -0.39 is 21.4 Å². The molecule has 1 fully saturated rings. The maximum atomic E-state index is 12.5. The monoisotopic (exact) mass is 287 g/mol. The average molecular weight is 287 g/mol. The number of carboxylic acids is 1. The van der Waals surface area contributed by atoms with Crippen molar-refractivity contribution < 1.29 is 18.3 Å². The Bertz CT molecular complexity index is 602. The molecular formula is C11H17N3O4S. The van der Waals surface area contributed by atoms with Crippen LogP contribution >= 0.6 is 0 Å². The van der Waals surface area contributed by atoms with Gasteiger partial charge in [-0.3, -0.25) is 9.48 Å². The number of nitrogens with zero attached hydrogens (tertiary/aromatic N) is 3. The second-order valence-corrected chi connectivity index (χ2v) is 7.06. The van der Waals surface area contributed by atoms with Crippen LogP contribution in [0, 0.1) is 12.3 Å². The number of aromatic nitrogens is 2. The van der Waals surface area contributed by atoms with Gasteiger partial charge in [0.2, 0.25) is 0 Å². The summed E-state index contributed by atoms with van der Waals surface area (Å²) in [6.07, 6.45) is 1.80. The number of aryl methyl sites for hydroxylation is 2. The Morgan fingerprint density at radius 1 is 1.53 bits per heavy atom. The summed E-state index contributed by atoms with van der Waals surface area (Å²) >= 11 is 0. The molecular weight excluding hydrogens is 270 g/mol. The van der Waals surface area contributed by atoms with Crippen molar-refractivity contribution in [2.45, 2.75) is 25.3 Å². The number of carboxylic acid groups (broad SMARTS) is 1. The van der Waals surface area contributed by atoms with Crippen molar-refractivity contribution in [3.63, 3.8) is 0 Å². The summed E-state index contributed by atoms with van der Waals surface area (Å²) in [5, 5.41) is 13.2. The highest BCUT2D eigenvalue weighted by atomic mass is 32.2. The van der Waals surface area contributed by atoms with Gasteiger partial charge in [0.1, 0.15) is 0 Å². The van der Waals surface area contributed by atoms with E-state index in [1.54, 1.807) is 20.9 Å². The largest absolute Gasteiger partial charge is 0.481 e. The Morgan fingerprint density at radius 3 is 2.58 bits per heavy atom. The van der Waals surface area contributed by atoms with Crippen molar-refractivity contribution >= 4 is 16.0 Å². The van der Waals surface area contributed by atoms with Gasteiger partial charge >= 0.3 is 5.97 Å². The molecule has 1 saturated heterocycles. The molecule has 1 N–H and O–H groups in total. The third-order valence-electron chi connectivity index (χ3n) is 3.59. The minimum Gasteiger partial charge on any atom is -0.481 e. The van der Waals surface area contributed by atoms with E-state index in [0.717, 1.165) is 0 Å². The fourth-order valence-corrected chi connectivity index (χ4v) is 4.20. The van der Waals surface area contributed by atoms with Gasteiger partial charge in [-0.2, -0.15) is 9.40 Å². The van der Waals surface area contributed by atoms with Gasteiger partial charge in [0.15, 0.2) is 5.03 Å². The molecule has 8 heteroatoms. The van der Waals surface area contributed by atoms with E-state index in [1.165, 1.54) is 15.2 Å². The standard InChI is InChI=1S/C11H17N3O4S/c1-8-6-12-13(3)9(8)19(17,18)14-5-4-11(2,7-14)10(15)16/h6H,4-5,7H2,1-3H3,(H,15,16)/t11-/m1/s1. The molecule has 0 unspecified atom stereocenters. The number of rotatable bonds is 3. The van der Waals surface area contributed by atoms with Gasteiger partial charge in [-0.15, -0.1) is 0 Å². The third-order valence-corrected chi connectivity index (χ3v) is 5.66. The van der Waals surface area contributed by atoms with Crippen molar-refractivity contribution in [2.24, 2.45) is 12.5 Å². The molecule has 0 amide bonds. The molecule has 1 atom stereocenters. The van der Waals surface area contributed by atoms with E-state index in [0.29, 0.717) is 12.0 Å². The summed E-state index contributed by atoms with van der Waals surface area (Å²) in [6, 6.07) is 0. The lowest BCUT2D eigenvalue weighted by molar-refractivity contribution is -0.146. The number of carbonyl (C=O) groups is 1. The van der Waals surface area contributed by atoms with Gasteiger partial charge < -0.3 is 5.11 Å². The normalized spacial score (nSPS) is 24.8. The van der Waals surface area contributed by atoms with E-state index in [9.17, 15) is 13.2 Å². The molecule has 1 aromatic rings. The number of sulfonamides is 1. The first-order chi connectivity index (χ1) is 8.68. The second kappa shape index (κ2) is 4.31. The van der Waals surface area contributed by atoms with Crippen LogP contribution in [0.4, 0.5) is 0 Å². The van der Waals surface area contributed by atoms with E-state index in [1.807, 2.05) is 0 Å². The summed E-state index contributed by atoms with van der Waals surface area (Å²) in [7, 11) is -2.13. The molecule has 106 valence electrons. The molecule has 2 heterocycles. The minimum absolute atomic E-state index is 0.00468. The molecule has 1 aliphatic heterocycles. The summed E-state index contributed by atoms with van der Waals surface area (Å²) in [5.41, 5.74) is -0.453. The predicted octanol–water partition coefficient (Wildman–Crippen LogP) is 0.214. The van der Waals surface area contributed by atoms with Gasteiger partial charge in [0, 0.05) is 25.7 Å². The Balaban J connectivity index is 2.36. The van der Waals surface area contributed by atoms with Crippen molar-refractivity contribution in [1.29, 1.82) is 0 Å². The van der Waals surface area contributed by atoms with Crippen molar-refractivity contribution in [1.82, 2.24) is 14.1 Å². The van der Waals surface area contributed by atoms with Crippen LogP contribution in [0.15, 0.2) is 11.2 Å². The zero-order chi connectivity index (χ0) is 14.4. The van der Waals surface area contributed by atoms with Crippen LogP contribution in [-0.2, 0) is 21.9 Å². The SMILES string of the molecule is Cc1cnn(C)c1S(=O)(=O)N1CC[C@@](C)(C(=O)O)C1. The summed E-state index contributed by atoms with van der Waals surface area (Å²) in [6.45, 7) is 3.46. The third kappa shape index (κ3) is 2.14. The quantitative estimate of drug-likeness (QED) is 0.858. The molecule has 2 rings (SSSR count). The van der Waals surface area contributed by atoms with Crippen LogP contribution in [0.25, 0.3) is 0 Å². The van der Waals surface area contributed by atoms with E-state index >= 15 is 0 Å². The van der Waals surface area contributed by atoms with Crippen molar-refractivity contribution in [3.05, 3.63) is 11.8 Å². The fraction of sp³-hybridized carbons (Fsp3) is 0.636. The molecule has 0 saturated carbocycles. The molecule has 0 radical (unpaired) electrons. The van der Waals surface area contributed by atoms with Gasteiger partial charge in [0.05, 0.1) is 11.6 Å². The Hall–Kier alpha value is -1.41. The molecule has 19 heavy (non-hydrogen) atoms. The summed E-state index contributed by atoms with van der Waals surface area (Å²) < 4.78 is 27.6. The molecule has 0 spiro atoms. The first kappa shape index (κ1) is 14.0. The maximum absolute atomic E-state index is 12.5. The molecule has 0 bridgehead atoms. The average Bonchev–Trinajstić information content (AvgIpc) is 2.84. The lowest BCUT2D eigenvalue weighted by Gasteiger charge is -2.20. The number of hydrogen-bond acceptors (Lipinski definition) is 4. The summed E-state index contributed by atoms with van der Waals surface area (Å²) in [4.78, 5) is 11.2. The Kier molecular flexibility index (Phi) is 3.18. The maximum Gasteiger partial charge on any atom is 0.310 e.